The summed E-state index contributed by atoms with van der Waals surface area (Å²) in [7, 11) is 1.57. The second-order valence-electron chi connectivity index (χ2n) is 9.69. The molecule has 0 atom stereocenters. The molecule has 1 spiro atoms. The minimum absolute atomic E-state index is 0.0369. The standard InChI is InChI=1S/C27H27N3O5/c1-34-24-14-17(13-21-19(24)6-11-30(21)18-3-4-18)26(33)29-25(32)16-2-5-23-20(12-16)22(31)15-27(35-23)7-9-28-10-8-27/h2,5-6,11-14,18,28H,3-4,7-10,15H2,1H3,(H,29,32,33). The number of hydrogen-bond acceptors (Lipinski definition) is 6. The maximum absolute atomic E-state index is 13.0. The average molecular weight is 474 g/mol. The van der Waals surface area contributed by atoms with Gasteiger partial charge < -0.3 is 19.4 Å². The largest absolute Gasteiger partial charge is 0.496 e. The van der Waals surface area contributed by atoms with Crippen molar-refractivity contribution in [3.63, 3.8) is 0 Å². The maximum atomic E-state index is 13.0. The fraction of sp³-hybridized carbons (Fsp3) is 0.370. The summed E-state index contributed by atoms with van der Waals surface area (Å²) in [5.41, 5.74) is 1.41. The predicted octanol–water partition coefficient (Wildman–Crippen LogP) is 3.64. The highest BCUT2D eigenvalue weighted by molar-refractivity contribution is 6.12. The van der Waals surface area contributed by atoms with Crippen LogP contribution in [0.1, 0.15) is 69.2 Å². The normalized spacial score (nSPS) is 18.7. The molecule has 0 bridgehead atoms. The van der Waals surface area contributed by atoms with E-state index in [0.29, 0.717) is 35.1 Å². The van der Waals surface area contributed by atoms with Crippen molar-refractivity contribution in [3.8, 4) is 11.5 Å². The van der Waals surface area contributed by atoms with Crippen LogP contribution in [0.25, 0.3) is 10.9 Å². The van der Waals surface area contributed by atoms with Crippen molar-refractivity contribution in [2.75, 3.05) is 20.2 Å². The Labute approximate surface area is 202 Å². The molecule has 3 aromatic rings. The van der Waals surface area contributed by atoms with Gasteiger partial charge in [0.25, 0.3) is 11.8 Å². The number of amides is 2. The van der Waals surface area contributed by atoms with Crippen molar-refractivity contribution in [1.82, 2.24) is 15.2 Å². The topological polar surface area (TPSA) is 98.7 Å². The number of Topliss-reactive ketones (excluding diaryl/α,β-unsaturated/α-hetero) is 1. The number of ether oxygens (including phenoxy) is 2. The van der Waals surface area contributed by atoms with E-state index in [9.17, 15) is 14.4 Å². The van der Waals surface area contributed by atoms with Gasteiger partial charge in [0, 0.05) is 41.6 Å². The zero-order chi connectivity index (χ0) is 24.2. The highest BCUT2D eigenvalue weighted by Crippen LogP contribution is 2.40. The first-order valence-corrected chi connectivity index (χ1v) is 12.1. The molecule has 8 heteroatoms. The Bertz CT molecular complexity index is 1360. The molecular weight excluding hydrogens is 446 g/mol. The van der Waals surface area contributed by atoms with Crippen molar-refractivity contribution >= 4 is 28.5 Å². The first-order chi connectivity index (χ1) is 17.0. The Morgan fingerprint density at radius 2 is 1.86 bits per heavy atom. The summed E-state index contributed by atoms with van der Waals surface area (Å²) in [6.45, 7) is 1.63. The highest BCUT2D eigenvalue weighted by atomic mass is 16.5. The van der Waals surface area contributed by atoms with Crippen LogP contribution in [0.15, 0.2) is 42.6 Å². The van der Waals surface area contributed by atoms with Crippen molar-refractivity contribution in [2.45, 2.75) is 43.7 Å². The Kier molecular flexibility index (Phi) is 5.14. The van der Waals surface area contributed by atoms with Gasteiger partial charge in [-0.2, -0.15) is 0 Å². The Morgan fingerprint density at radius 1 is 1.09 bits per heavy atom. The molecular formula is C27H27N3O5. The maximum Gasteiger partial charge on any atom is 0.258 e. The van der Waals surface area contributed by atoms with Crippen LogP contribution in [0.5, 0.6) is 11.5 Å². The van der Waals surface area contributed by atoms with E-state index in [4.69, 9.17) is 9.47 Å². The molecule has 2 N–H and O–H groups in total. The molecule has 2 fully saturated rings. The van der Waals surface area contributed by atoms with Crippen LogP contribution in [0.4, 0.5) is 0 Å². The monoisotopic (exact) mass is 473 g/mol. The number of fused-ring (bicyclic) bond motifs is 2. The molecule has 0 unspecified atom stereocenters. The van der Waals surface area contributed by atoms with E-state index < -0.39 is 17.4 Å². The second kappa shape index (κ2) is 8.23. The van der Waals surface area contributed by atoms with Crippen LogP contribution < -0.4 is 20.1 Å². The van der Waals surface area contributed by atoms with Crippen molar-refractivity contribution in [3.05, 3.63) is 59.3 Å². The molecule has 1 aromatic heterocycles. The number of aromatic nitrogens is 1. The molecule has 1 saturated heterocycles. The first kappa shape index (κ1) is 21.9. The summed E-state index contributed by atoms with van der Waals surface area (Å²) in [6, 6.07) is 10.6. The number of imide groups is 1. The van der Waals surface area contributed by atoms with Crippen molar-refractivity contribution < 1.29 is 23.9 Å². The van der Waals surface area contributed by atoms with Crippen LogP contribution >= 0.6 is 0 Å². The smallest absolute Gasteiger partial charge is 0.258 e. The van der Waals surface area contributed by atoms with Crippen molar-refractivity contribution in [1.29, 1.82) is 0 Å². The fourth-order valence-corrected chi connectivity index (χ4v) is 5.24. The predicted molar refractivity (Wildman–Crippen MR) is 129 cm³/mol. The van der Waals surface area contributed by atoms with Gasteiger partial charge in [0.15, 0.2) is 5.78 Å². The second-order valence-corrected chi connectivity index (χ2v) is 9.69. The quantitative estimate of drug-likeness (QED) is 0.562. The van der Waals surface area contributed by atoms with Crippen LogP contribution in [0, 0.1) is 0 Å². The molecule has 2 amide bonds. The van der Waals surface area contributed by atoms with Gasteiger partial charge in [0.1, 0.15) is 17.1 Å². The molecule has 2 aliphatic heterocycles. The first-order valence-electron chi connectivity index (χ1n) is 12.1. The lowest BCUT2D eigenvalue weighted by Crippen LogP contribution is -2.49. The van der Waals surface area contributed by atoms with Crippen LogP contribution in [0.2, 0.25) is 0 Å². The van der Waals surface area contributed by atoms with Crippen molar-refractivity contribution in [2.24, 2.45) is 0 Å². The average Bonchev–Trinajstić information content (AvgIpc) is 3.62. The molecule has 3 aliphatic rings. The lowest BCUT2D eigenvalue weighted by Gasteiger charge is -2.40. The Balaban J connectivity index is 1.24. The number of carbonyl (C=O) groups is 3. The zero-order valence-corrected chi connectivity index (χ0v) is 19.6. The van der Waals surface area contributed by atoms with E-state index in [1.54, 1.807) is 31.4 Å². The molecule has 8 nitrogen and oxygen atoms in total. The van der Waals surface area contributed by atoms with E-state index in [1.165, 1.54) is 6.07 Å². The third-order valence-corrected chi connectivity index (χ3v) is 7.32. The number of rotatable bonds is 4. The Hall–Kier alpha value is -3.65. The van der Waals surface area contributed by atoms with E-state index in [1.807, 2.05) is 12.3 Å². The van der Waals surface area contributed by atoms with Crippen LogP contribution in [-0.4, -0.2) is 48.0 Å². The summed E-state index contributed by atoms with van der Waals surface area (Å²) in [4.78, 5) is 38.9. The minimum atomic E-state index is -0.565. The summed E-state index contributed by atoms with van der Waals surface area (Å²) < 4.78 is 13.9. The summed E-state index contributed by atoms with van der Waals surface area (Å²) in [5.74, 6) is -0.0350. The number of nitrogens with zero attached hydrogens (tertiary/aromatic N) is 1. The number of ketones is 1. The minimum Gasteiger partial charge on any atom is -0.496 e. The SMILES string of the molecule is COc1cc(C(=O)NC(=O)c2ccc3c(c2)C(=O)CC2(CCNCC2)O3)cc2c1ccn2C1CC1. The molecule has 35 heavy (non-hydrogen) atoms. The number of piperidine rings is 1. The lowest BCUT2D eigenvalue weighted by molar-refractivity contribution is 0.0187. The molecule has 0 radical (unpaired) electrons. The van der Waals surface area contributed by atoms with Gasteiger partial charge in [-0.3, -0.25) is 19.7 Å². The number of methoxy groups -OCH3 is 1. The third kappa shape index (κ3) is 3.87. The third-order valence-electron chi connectivity index (χ3n) is 7.32. The number of nitrogens with one attached hydrogen (secondary N) is 2. The lowest BCUT2D eigenvalue weighted by atomic mass is 9.83. The molecule has 2 aromatic carbocycles. The van der Waals surface area contributed by atoms with E-state index in [2.05, 4.69) is 15.2 Å². The highest BCUT2D eigenvalue weighted by Gasteiger charge is 2.41. The number of carbonyl (C=O) groups excluding carboxylic acids is 3. The van der Waals surface area contributed by atoms with Crippen LogP contribution in [0.3, 0.4) is 0 Å². The molecule has 1 aliphatic carbocycles. The fourth-order valence-electron chi connectivity index (χ4n) is 5.24. The van der Waals surface area contributed by atoms with E-state index in [0.717, 1.165) is 49.7 Å². The molecule has 3 heterocycles. The van der Waals surface area contributed by atoms with Gasteiger partial charge in [-0.05, 0) is 62.3 Å². The summed E-state index contributed by atoms with van der Waals surface area (Å²) in [6.07, 6.45) is 6.07. The van der Waals surface area contributed by atoms with Gasteiger partial charge in [-0.25, -0.2) is 0 Å². The number of hydrogen-bond donors (Lipinski definition) is 2. The van der Waals surface area contributed by atoms with E-state index >= 15 is 0 Å². The zero-order valence-electron chi connectivity index (χ0n) is 19.6. The summed E-state index contributed by atoms with van der Waals surface area (Å²) >= 11 is 0. The van der Waals surface area contributed by atoms with Gasteiger partial charge >= 0.3 is 0 Å². The molecule has 1 saturated carbocycles. The van der Waals surface area contributed by atoms with E-state index in [-0.39, 0.29) is 11.3 Å². The molecule has 6 rings (SSSR count). The van der Waals surface area contributed by atoms with Gasteiger partial charge in [-0.15, -0.1) is 0 Å². The number of benzene rings is 2. The van der Waals surface area contributed by atoms with Gasteiger partial charge in [0.2, 0.25) is 0 Å². The van der Waals surface area contributed by atoms with Crippen LogP contribution in [-0.2, 0) is 0 Å². The van der Waals surface area contributed by atoms with Gasteiger partial charge in [0.05, 0.1) is 24.6 Å². The molecule has 180 valence electrons. The Morgan fingerprint density at radius 3 is 2.60 bits per heavy atom. The summed E-state index contributed by atoms with van der Waals surface area (Å²) in [5, 5.41) is 6.69. The van der Waals surface area contributed by atoms with Gasteiger partial charge in [-0.1, -0.05) is 0 Å².